The lowest BCUT2D eigenvalue weighted by atomic mass is 10.0. The Labute approximate surface area is 168 Å². The highest BCUT2D eigenvalue weighted by atomic mass is 16.2. The standard InChI is InChI=1S/C20H27N5O.C2H6/c1-15-7-8-25(16(2)22-15)19-5-3-18(4-6-19)23-9-11-24(12-10-23)20(26)17-13-21-14-17;1-2/h3-6,17,21-22H,1-2,7-14H2;1-2H3. The van der Waals surface area contributed by atoms with E-state index in [2.05, 4.69) is 57.9 Å². The Hall–Kier alpha value is -2.47. The minimum absolute atomic E-state index is 0.197. The van der Waals surface area contributed by atoms with Crippen molar-refractivity contribution in [3.8, 4) is 0 Å². The molecule has 0 radical (unpaired) electrons. The van der Waals surface area contributed by atoms with Crippen molar-refractivity contribution >= 4 is 17.3 Å². The van der Waals surface area contributed by atoms with Crippen molar-refractivity contribution in [2.75, 3.05) is 55.6 Å². The molecule has 3 saturated heterocycles. The van der Waals surface area contributed by atoms with Gasteiger partial charge in [-0.05, 0) is 24.3 Å². The van der Waals surface area contributed by atoms with E-state index in [9.17, 15) is 4.79 Å². The van der Waals surface area contributed by atoms with Crippen molar-refractivity contribution in [3.05, 3.63) is 48.9 Å². The van der Waals surface area contributed by atoms with Gasteiger partial charge < -0.3 is 25.3 Å². The molecule has 0 bridgehead atoms. The number of piperazine rings is 1. The first-order valence-electron chi connectivity index (χ1n) is 10.4. The lowest BCUT2D eigenvalue weighted by Crippen LogP contribution is -2.56. The maximum atomic E-state index is 12.3. The summed E-state index contributed by atoms with van der Waals surface area (Å²) in [5.74, 6) is 1.39. The summed E-state index contributed by atoms with van der Waals surface area (Å²) in [6.45, 7) is 18.0. The first-order valence-corrected chi connectivity index (χ1v) is 10.4. The van der Waals surface area contributed by atoms with Crippen molar-refractivity contribution in [2.45, 2.75) is 20.3 Å². The third-order valence-corrected chi connectivity index (χ3v) is 5.53. The number of hydrogen-bond donors (Lipinski definition) is 2. The molecule has 0 saturated carbocycles. The summed E-state index contributed by atoms with van der Waals surface area (Å²) in [6.07, 6.45) is 0.924. The lowest BCUT2D eigenvalue weighted by molar-refractivity contribution is -0.137. The second-order valence-electron chi connectivity index (χ2n) is 7.26. The van der Waals surface area contributed by atoms with Gasteiger partial charge in [-0.2, -0.15) is 0 Å². The highest BCUT2D eigenvalue weighted by molar-refractivity contribution is 5.80. The third-order valence-electron chi connectivity index (χ3n) is 5.53. The molecule has 3 aliphatic rings. The second kappa shape index (κ2) is 9.15. The van der Waals surface area contributed by atoms with Crippen LogP contribution in [0.1, 0.15) is 20.3 Å². The molecule has 1 aromatic rings. The number of carbonyl (C=O) groups is 1. The molecular formula is C22H33N5O. The van der Waals surface area contributed by atoms with Crippen LogP contribution in [-0.2, 0) is 4.79 Å². The Balaban J connectivity index is 0.00000109. The molecule has 1 aromatic carbocycles. The van der Waals surface area contributed by atoms with Gasteiger partial charge in [0.25, 0.3) is 0 Å². The highest BCUT2D eigenvalue weighted by Gasteiger charge is 2.31. The monoisotopic (exact) mass is 383 g/mol. The van der Waals surface area contributed by atoms with Crippen LogP contribution in [-0.4, -0.2) is 56.6 Å². The Kier molecular flexibility index (Phi) is 6.62. The highest BCUT2D eigenvalue weighted by Crippen LogP contribution is 2.26. The number of benzene rings is 1. The maximum absolute atomic E-state index is 12.3. The summed E-state index contributed by atoms with van der Waals surface area (Å²) < 4.78 is 0. The lowest BCUT2D eigenvalue weighted by Gasteiger charge is -2.39. The van der Waals surface area contributed by atoms with Gasteiger partial charge in [-0.15, -0.1) is 0 Å². The zero-order valence-electron chi connectivity index (χ0n) is 17.2. The first-order chi connectivity index (χ1) is 13.6. The van der Waals surface area contributed by atoms with Gasteiger partial charge in [-0.25, -0.2) is 0 Å². The van der Waals surface area contributed by atoms with E-state index in [0.29, 0.717) is 5.91 Å². The Bertz CT molecular complexity index is 702. The van der Waals surface area contributed by atoms with Crippen LogP contribution in [0.25, 0.3) is 0 Å². The predicted molar refractivity (Wildman–Crippen MR) is 116 cm³/mol. The van der Waals surface area contributed by atoms with E-state index in [-0.39, 0.29) is 5.92 Å². The van der Waals surface area contributed by atoms with Gasteiger partial charge in [0.2, 0.25) is 5.91 Å². The largest absolute Gasteiger partial charge is 0.368 e. The summed E-state index contributed by atoms with van der Waals surface area (Å²) in [7, 11) is 0. The molecule has 0 aromatic heterocycles. The average Bonchev–Trinajstić information content (AvgIpc) is 2.69. The molecule has 152 valence electrons. The molecule has 6 heteroatoms. The molecule has 6 nitrogen and oxygen atoms in total. The fourth-order valence-corrected chi connectivity index (χ4v) is 3.75. The van der Waals surface area contributed by atoms with E-state index in [4.69, 9.17) is 0 Å². The number of anilines is 2. The maximum Gasteiger partial charge on any atom is 0.228 e. The van der Waals surface area contributed by atoms with Gasteiger partial charge in [-0.1, -0.05) is 27.0 Å². The van der Waals surface area contributed by atoms with E-state index in [1.165, 1.54) is 5.69 Å². The van der Waals surface area contributed by atoms with Crippen molar-refractivity contribution in [2.24, 2.45) is 5.92 Å². The van der Waals surface area contributed by atoms with Crippen LogP contribution in [0.3, 0.4) is 0 Å². The summed E-state index contributed by atoms with van der Waals surface area (Å²) in [5, 5.41) is 6.40. The van der Waals surface area contributed by atoms with Crippen LogP contribution in [0.5, 0.6) is 0 Å². The SMILES string of the molecule is C=C1CCN(c2ccc(N3CCN(C(=O)C4CNC4)CC3)cc2)C(=C)N1.CC. The average molecular weight is 384 g/mol. The van der Waals surface area contributed by atoms with E-state index in [0.717, 1.165) is 69.4 Å². The van der Waals surface area contributed by atoms with Crippen LogP contribution in [0.15, 0.2) is 48.9 Å². The van der Waals surface area contributed by atoms with Gasteiger partial charge in [0.1, 0.15) is 5.82 Å². The van der Waals surface area contributed by atoms with E-state index in [1.807, 2.05) is 18.7 Å². The van der Waals surface area contributed by atoms with Crippen LogP contribution in [0, 0.1) is 5.92 Å². The molecular weight excluding hydrogens is 350 g/mol. The zero-order valence-corrected chi connectivity index (χ0v) is 17.2. The minimum atomic E-state index is 0.197. The molecule has 3 heterocycles. The number of rotatable bonds is 3. The van der Waals surface area contributed by atoms with E-state index in [1.54, 1.807) is 0 Å². The summed E-state index contributed by atoms with van der Waals surface area (Å²) in [4.78, 5) is 18.9. The number of carbonyl (C=O) groups excluding carboxylic acids is 1. The normalized spacial score (nSPS) is 20.1. The zero-order chi connectivity index (χ0) is 20.1. The number of nitrogens with zero attached hydrogens (tertiary/aromatic N) is 3. The molecule has 3 fully saturated rings. The number of amides is 1. The topological polar surface area (TPSA) is 50.9 Å². The minimum Gasteiger partial charge on any atom is -0.368 e. The van der Waals surface area contributed by atoms with Gasteiger partial charge in [0.15, 0.2) is 0 Å². The van der Waals surface area contributed by atoms with E-state index < -0.39 is 0 Å². The molecule has 0 spiro atoms. The molecule has 0 unspecified atom stereocenters. The quantitative estimate of drug-likeness (QED) is 0.839. The van der Waals surface area contributed by atoms with Crippen molar-refractivity contribution in [1.29, 1.82) is 0 Å². The fraction of sp³-hybridized carbons (Fsp3) is 0.500. The second-order valence-corrected chi connectivity index (χ2v) is 7.26. The molecule has 1 amide bonds. The van der Waals surface area contributed by atoms with Gasteiger partial charge in [0.05, 0.1) is 5.92 Å². The third kappa shape index (κ3) is 4.33. The Morgan fingerprint density at radius 2 is 1.57 bits per heavy atom. The van der Waals surface area contributed by atoms with Crippen LogP contribution < -0.4 is 20.4 Å². The molecule has 28 heavy (non-hydrogen) atoms. The summed E-state index contributed by atoms with van der Waals surface area (Å²) in [5.41, 5.74) is 3.38. The van der Waals surface area contributed by atoms with Crippen molar-refractivity contribution < 1.29 is 4.79 Å². The van der Waals surface area contributed by atoms with Gasteiger partial charge in [-0.3, -0.25) is 4.79 Å². The molecule has 3 aliphatic heterocycles. The van der Waals surface area contributed by atoms with E-state index >= 15 is 0 Å². The summed E-state index contributed by atoms with van der Waals surface area (Å²) in [6, 6.07) is 8.63. The Morgan fingerprint density at radius 1 is 0.964 bits per heavy atom. The van der Waals surface area contributed by atoms with Crippen LogP contribution >= 0.6 is 0 Å². The van der Waals surface area contributed by atoms with Gasteiger partial charge >= 0.3 is 0 Å². The van der Waals surface area contributed by atoms with Crippen molar-refractivity contribution in [3.63, 3.8) is 0 Å². The predicted octanol–water partition coefficient (Wildman–Crippen LogP) is 2.37. The molecule has 2 N–H and O–H groups in total. The Morgan fingerprint density at radius 3 is 2.11 bits per heavy atom. The summed E-state index contributed by atoms with van der Waals surface area (Å²) >= 11 is 0. The fourth-order valence-electron chi connectivity index (χ4n) is 3.75. The number of nitrogens with one attached hydrogen (secondary N) is 2. The van der Waals surface area contributed by atoms with Crippen molar-refractivity contribution in [1.82, 2.24) is 15.5 Å². The first kappa shape index (κ1) is 20.3. The molecule has 0 aliphatic carbocycles. The molecule has 4 rings (SSSR count). The number of hydrogen-bond acceptors (Lipinski definition) is 5. The van der Waals surface area contributed by atoms with Crippen LogP contribution in [0.4, 0.5) is 11.4 Å². The van der Waals surface area contributed by atoms with Gasteiger partial charge in [0, 0.05) is 69.3 Å². The smallest absolute Gasteiger partial charge is 0.228 e. The molecule has 0 atom stereocenters. The van der Waals surface area contributed by atoms with Crippen LogP contribution in [0.2, 0.25) is 0 Å².